The quantitative estimate of drug-likeness (QED) is 0.694. The van der Waals surface area contributed by atoms with Crippen molar-refractivity contribution in [3.63, 3.8) is 0 Å². The van der Waals surface area contributed by atoms with Gasteiger partial charge in [0.05, 0.1) is 11.0 Å². The second-order valence-corrected chi connectivity index (χ2v) is 4.31. The largest absolute Gasteiger partial charge is 0.392 e. The Hall–Kier alpha value is -0.840. The summed E-state index contributed by atoms with van der Waals surface area (Å²) in [5.74, 6) is 0.460. The van der Waals surface area contributed by atoms with Gasteiger partial charge in [-0.05, 0) is 32.6 Å². The molecular weight excluding hydrogens is 210 g/mol. The average Bonchev–Trinajstić information content (AvgIpc) is 2.99. The van der Waals surface area contributed by atoms with Crippen LogP contribution in [-0.2, 0) is 0 Å². The van der Waals surface area contributed by atoms with Gasteiger partial charge in [0.25, 0.3) is 0 Å². The van der Waals surface area contributed by atoms with E-state index in [2.05, 4.69) is 5.32 Å². The van der Waals surface area contributed by atoms with Gasteiger partial charge < -0.3 is 16.0 Å². The SMILES string of the molecule is CCN(CC)C(=O)NC(C(N)=S)C1CC1. The van der Waals surface area contributed by atoms with Crippen molar-refractivity contribution in [3.8, 4) is 0 Å². The molecule has 0 radical (unpaired) electrons. The summed E-state index contributed by atoms with van der Waals surface area (Å²) < 4.78 is 0. The van der Waals surface area contributed by atoms with Gasteiger partial charge in [-0.3, -0.25) is 0 Å². The molecule has 1 saturated carbocycles. The summed E-state index contributed by atoms with van der Waals surface area (Å²) in [4.78, 5) is 13.9. The van der Waals surface area contributed by atoms with Crippen molar-refractivity contribution in [1.29, 1.82) is 0 Å². The van der Waals surface area contributed by atoms with Crippen molar-refractivity contribution in [1.82, 2.24) is 10.2 Å². The Kier molecular flexibility index (Phi) is 4.32. The van der Waals surface area contributed by atoms with Crippen LogP contribution in [-0.4, -0.2) is 35.1 Å². The second kappa shape index (κ2) is 5.30. The Balaban J connectivity index is 2.50. The van der Waals surface area contributed by atoms with Crippen LogP contribution in [0.5, 0.6) is 0 Å². The molecule has 0 heterocycles. The number of nitrogens with one attached hydrogen (secondary N) is 1. The van der Waals surface area contributed by atoms with E-state index in [1.165, 1.54) is 0 Å². The number of nitrogens with zero attached hydrogens (tertiary/aromatic N) is 1. The number of rotatable bonds is 5. The fourth-order valence-electron chi connectivity index (χ4n) is 1.59. The van der Waals surface area contributed by atoms with Crippen molar-refractivity contribution < 1.29 is 4.79 Å². The summed E-state index contributed by atoms with van der Waals surface area (Å²) >= 11 is 4.96. The Morgan fingerprint density at radius 3 is 2.40 bits per heavy atom. The summed E-state index contributed by atoms with van der Waals surface area (Å²) in [5.41, 5.74) is 5.61. The molecule has 4 nitrogen and oxygen atoms in total. The van der Waals surface area contributed by atoms with Gasteiger partial charge in [-0.1, -0.05) is 12.2 Å². The summed E-state index contributed by atoms with van der Waals surface area (Å²) in [6, 6.07) is -0.183. The van der Waals surface area contributed by atoms with E-state index < -0.39 is 0 Å². The van der Waals surface area contributed by atoms with Gasteiger partial charge in [0.1, 0.15) is 0 Å². The molecule has 1 rings (SSSR count). The lowest BCUT2D eigenvalue weighted by Crippen LogP contribution is -2.50. The maximum absolute atomic E-state index is 11.8. The highest BCUT2D eigenvalue weighted by molar-refractivity contribution is 7.80. The first kappa shape index (κ1) is 12.2. The summed E-state index contributed by atoms with van der Waals surface area (Å²) in [7, 11) is 0. The summed E-state index contributed by atoms with van der Waals surface area (Å²) in [6.45, 7) is 5.32. The third kappa shape index (κ3) is 3.34. The van der Waals surface area contributed by atoms with E-state index >= 15 is 0 Å². The van der Waals surface area contributed by atoms with Gasteiger partial charge in [0, 0.05) is 13.1 Å². The Morgan fingerprint density at radius 2 is 2.07 bits per heavy atom. The zero-order chi connectivity index (χ0) is 11.4. The number of thiocarbonyl (C=S) groups is 1. The molecule has 0 aromatic carbocycles. The molecule has 2 amide bonds. The maximum atomic E-state index is 11.8. The van der Waals surface area contributed by atoms with E-state index in [0.717, 1.165) is 12.8 Å². The number of hydrogen-bond donors (Lipinski definition) is 2. The van der Waals surface area contributed by atoms with Crippen molar-refractivity contribution in [2.45, 2.75) is 32.7 Å². The first-order valence-electron chi connectivity index (χ1n) is 5.44. The van der Waals surface area contributed by atoms with E-state index in [-0.39, 0.29) is 12.1 Å². The zero-order valence-electron chi connectivity index (χ0n) is 9.32. The van der Waals surface area contributed by atoms with Gasteiger partial charge in [0.2, 0.25) is 0 Å². The fraction of sp³-hybridized carbons (Fsp3) is 0.800. The molecule has 1 fully saturated rings. The predicted octanol–water partition coefficient (Wildman–Crippen LogP) is 1.10. The first-order chi connectivity index (χ1) is 7.10. The molecule has 1 aliphatic rings. The Morgan fingerprint density at radius 1 is 1.53 bits per heavy atom. The lowest BCUT2D eigenvalue weighted by Gasteiger charge is -2.23. The van der Waals surface area contributed by atoms with E-state index in [4.69, 9.17) is 18.0 Å². The lowest BCUT2D eigenvalue weighted by molar-refractivity contribution is 0.201. The number of nitrogens with two attached hydrogens (primary N) is 1. The van der Waals surface area contributed by atoms with Crippen molar-refractivity contribution in [2.75, 3.05) is 13.1 Å². The van der Waals surface area contributed by atoms with Crippen LogP contribution in [0.15, 0.2) is 0 Å². The number of carbonyl (C=O) groups excluding carboxylic acids is 1. The Labute approximate surface area is 96.2 Å². The molecule has 0 aromatic rings. The highest BCUT2D eigenvalue weighted by Gasteiger charge is 2.34. The van der Waals surface area contributed by atoms with Crippen LogP contribution in [0.2, 0.25) is 0 Å². The summed E-state index contributed by atoms with van der Waals surface area (Å²) in [6.07, 6.45) is 2.22. The molecule has 1 atom stereocenters. The molecule has 1 unspecified atom stereocenters. The molecule has 86 valence electrons. The topological polar surface area (TPSA) is 58.4 Å². The van der Waals surface area contributed by atoms with Crippen LogP contribution in [0.3, 0.4) is 0 Å². The molecule has 1 aliphatic carbocycles. The third-order valence-corrected chi connectivity index (χ3v) is 2.98. The number of amides is 2. The number of urea groups is 1. The maximum Gasteiger partial charge on any atom is 0.317 e. The number of hydrogen-bond acceptors (Lipinski definition) is 2. The molecule has 15 heavy (non-hydrogen) atoms. The summed E-state index contributed by atoms with van der Waals surface area (Å²) in [5, 5.41) is 2.90. The molecule has 0 saturated heterocycles. The molecule has 0 aromatic heterocycles. The smallest absolute Gasteiger partial charge is 0.317 e. The minimum Gasteiger partial charge on any atom is -0.392 e. The van der Waals surface area contributed by atoms with Gasteiger partial charge in [-0.25, -0.2) is 4.79 Å². The first-order valence-corrected chi connectivity index (χ1v) is 5.85. The van der Waals surface area contributed by atoms with E-state index in [1.807, 2.05) is 13.8 Å². The van der Waals surface area contributed by atoms with Crippen LogP contribution in [0.4, 0.5) is 4.79 Å². The van der Waals surface area contributed by atoms with Gasteiger partial charge >= 0.3 is 6.03 Å². The highest BCUT2D eigenvalue weighted by Crippen LogP contribution is 2.32. The molecule has 0 spiro atoms. The van der Waals surface area contributed by atoms with Gasteiger partial charge in [-0.15, -0.1) is 0 Å². The van der Waals surface area contributed by atoms with Crippen molar-refractivity contribution in [2.24, 2.45) is 11.7 Å². The molecule has 0 aliphatic heterocycles. The van der Waals surface area contributed by atoms with Crippen LogP contribution in [0.1, 0.15) is 26.7 Å². The minimum absolute atomic E-state index is 0.0651. The monoisotopic (exact) mass is 229 g/mol. The number of carbonyl (C=O) groups is 1. The minimum atomic E-state index is -0.118. The van der Waals surface area contributed by atoms with Crippen LogP contribution in [0, 0.1) is 5.92 Å². The normalized spacial score (nSPS) is 16.9. The second-order valence-electron chi connectivity index (χ2n) is 3.84. The van der Waals surface area contributed by atoms with Crippen LogP contribution < -0.4 is 11.1 Å². The zero-order valence-corrected chi connectivity index (χ0v) is 10.1. The molecule has 3 N–H and O–H groups in total. The van der Waals surface area contributed by atoms with E-state index in [0.29, 0.717) is 24.0 Å². The predicted molar refractivity (Wildman–Crippen MR) is 64.8 cm³/mol. The van der Waals surface area contributed by atoms with Crippen LogP contribution in [0.25, 0.3) is 0 Å². The van der Waals surface area contributed by atoms with Gasteiger partial charge in [-0.2, -0.15) is 0 Å². The van der Waals surface area contributed by atoms with E-state index in [1.54, 1.807) is 4.90 Å². The molecular formula is C10H19N3OS. The van der Waals surface area contributed by atoms with Crippen LogP contribution >= 0.6 is 12.2 Å². The average molecular weight is 229 g/mol. The molecule has 5 heteroatoms. The fourth-order valence-corrected chi connectivity index (χ4v) is 1.84. The highest BCUT2D eigenvalue weighted by atomic mass is 32.1. The Bertz CT molecular complexity index is 249. The van der Waals surface area contributed by atoms with E-state index in [9.17, 15) is 4.79 Å². The molecule has 0 bridgehead atoms. The van der Waals surface area contributed by atoms with Crippen molar-refractivity contribution >= 4 is 23.2 Å². The lowest BCUT2D eigenvalue weighted by atomic mass is 10.2. The van der Waals surface area contributed by atoms with Crippen molar-refractivity contribution in [3.05, 3.63) is 0 Å². The standard InChI is InChI=1S/C10H19N3OS/c1-3-13(4-2)10(14)12-8(9(11)15)7-5-6-7/h7-8H,3-6H2,1-2H3,(H2,11,15)(H,12,14). The third-order valence-electron chi connectivity index (χ3n) is 2.73. The van der Waals surface area contributed by atoms with Gasteiger partial charge in [0.15, 0.2) is 0 Å².